The highest BCUT2D eigenvalue weighted by Crippen LogP contribution is 2.29. The Balaban J connectivity index is 1.51. The normalized spacial score (nSPS) is 20.6. The molecule has 4 heterocycles. The van der Waals surface area contributed by atoms with Crippen molar-refractivity contribution in [2.45, 2.75) is 37.8 Å². The molecule has 0 saturated carbocycles. The Morgan fingerprint density at radius 2 is 1.82 bits per heavy atom. The number of nitrogens with one attached hydrogen (secondary N) is 1. The third-order valence-electron chi connectivity index (χ3n) is 5.67. The Kier molecular flexibility index (Phi) is 5.39. The Bertz CT molecular complexity index is 936. The third-order valence-corrected chi connectivity index (χ3v) is 6.97. The van der Waals surface area contributed by atoms with Gasteiger partial charge in [0.1, 0.15) is 11.6 Å². The molecule has 152 valence electrons. The molecule has 0 atom stereocenters. The smallest absolute Gasteiger partial charge is 0.211 e. The van der Waals surface area contributed by atoms with E-state index >= 15 is 0 Å². The van der Waals surface area contributed by atoms with E-state index in [2.05, 4.69) is 20.2 Å². The molecule has 0 aliphatic carbocycles. The Morgan fingerprint density at radius 1 is 1.11 bits per heavy atom. The van der Waals surface area contributed by atoms with E-state index < -0.39 is 10.0 Å². The van der Waals surface area contributed by atoms with Crippen LogP contribution in [0, 0.1) is 0 Å². The maximum Gasteiger partial charge on any atom is 0.211 e. The number of hydrogen-bond acceptors (Lipinski definition) is 7. The molecule has 2 aliphatic rings. The fraction of sp³-hybridized carbons (Fsp3) is 0.579. The highest BCUT2D eigenvalue weighted by Gasteiger charge is 2.25. The number of fused-ring (bicyclic) bond motifs is 1. The number of hydrogen-bond donors (Lipinski definition) is 2. The molecule has 8 nitrogen and oxygen atoms in total. The molecule has 0 bridgehead atoms. The lowest BCUT2D eigenvalue weighted by Crippen LogP contribution is -2.41. The average molecular weight is 406 g/mol. The number of nitrogens with zero attached hydrogens (tertiary/aromatic N) is 4. The summed E-state index contributed by atoms with van der Waals surface area (Å²) in [6, 6.07) is 4.19. The van der Waals surface area contributed by atoms with E-state index in [-0.39, 0.29) is 12.1 Å². The molecular weight excluding hydrogens is 378 g/mol. The second-order valence-electron chi connectivity index (χ2n) is 7.72. The zero-order chi connectivity index (χ0) is 19.7. The van der Waals surface area contributed by atoms with E-state index in [9.17, 15) is 13.5 Å². The Labute approximate surface area is 165 Å². The lowest BCUT2D eigenvalue weighted by molar-refractivity contribution is 0.145. The van der Waals surface area contributed by atoms with Crippen LogP contribution in [0.4, 0.5) is 11.6 Å². The standard InChI is InChI=1S/C19H27N5O3S/c1-28(26,27)24-10-3-15(4-11-24)22-18-12-17-14(13-21-18)2-7-20-19(17)23-8-5-16(25)6-9-23/h2,7,12-13,15-16,25H,3-6,8-11H2,1H3,(H,21,22). The van der Waals surface area contributed by atoms with Gasteiger partial charge in [-0.2, -0.15) is 0 Å². The van der Waals surface area contributed by atoms with Gasteiger partial charge in [-0.05, 0) is 37.8 Å². The Morgan fingerprint density at radius 3 is 2.50 bits per heavy atom. The maximum absolute atomic E-state index is 11.7. The summed E-state index contributed by atoms with van der Waals surface area (Å²) in [5.74, 6) is 1.72. The van der Waals surface area contributed by atoms with Crippen LogP contribution in [-0.4, -0.2) is 72.4 Å². The van der Waals surface area contributed by atoms with Gasteiger partial charge < -0.3 is 15.3 Å². The topological polar surface area (TPSA) is 98.7 Å². The molecule has 2 aromatic heterocycles. The summed E-state index contributed by atoms with van der Waals surface area (Å²) >= 11 is 0. The minimum absolute atomic E-state index is 0.202. The second kappa shape index (κ2) is 7.81. The van der Waals surface area contributed by atoms with E-state index in [0.717, 1.165) is 61.2 Å². The van der Waals surface area contributed by atoms with Gasteiger partial charge in [0.25, 0.3) is 0 Å². The van der Waals surface area contributed by atoms with Gasteiger partial charge in [0, 0.05) is 55.4 Å². The van der Waals surface area contributed by atoms with Crippen LogP contribution in [0.5, 0.6) is 0 Å². The summed E-state index contributed by atoms with van der Waals surface area (Å²) in [5, 5.41) is 15.3. The van der Waals surface area contributed by atoms with Crippen LogP contribution in [0.25, 0.3) is 10.8 Å². The fourth-order valence-electron chi connectivity index (χ4n) is 4.00. The van der Waals surface area contributed by atoms with Crippen LogP contribution in [0.1, 0.15) is 25.7 Å². The summed E-state index contributed by atoms with van der Waals surface area (Å²) in [5.41, 5.74) is 0. The zero-order valence-corrected chi connectivity index (χ0v) is 16.9. The first kappa shape index (κ1) is 19.4. The molecule has 4 rings (SSSR count). The van der Waals surface area contributed by atoms with Crippen molar-refractivity contribution in [3.63, 3.8) is 0 Å². The minimum Gasteiger partial charge on any atom is -0.393 e. The van der Waals surface area contributed by atoms with Crippen LogP contribution in [0.3, 0.4) is 0 Å². The summed E-state index contributed by atoms with van der Waals surface area (Å²) in [7, 11) is -3.11. The van der Waals surface area contributed by atoms with E-state index in [4.69, 9.17) is 0 Å². The molecule has 2 N–H and O–H groups in total. The van der Waals surface area contributed by atoms with Gasteiger partial charge in [0.15, 0.2) is 0 Å². The van der Waals surface area contributed by atoms with Gasteiger partial charge in [-0.3, -0.25) is 0 Å². The van der Waals surface area contributed by atoms with Gasteiger partial charge in [-0.25, -0.2) is 22.7 Å². The number of aromatic nitrogens is 2. The highest BCUT2D eigenvalue weighted by atomic mass is 32.2. The van der Waals surface area contributed by atoms with E-state index in [1.165, 1.54) is 10.6 Å². The van der Waals surface area contributed by atoms with Gasteiger partial charge >= 0.3 is 0 Å². The summed E-state index contributed by atoms with van der Waals surface area (Å²) in [6.45, 7) is 2.66. The van der Waals surface area contributed by atoms with Crippen molar-refractivity contribution in [3.8, 4) is 0 Å². The molecule has 0 radical (unpaired) electrons. The molecule has 2 saturated heterocycles. The molecule has 0 unspecified atom stereocenters. The van der Waals surface area contributed by atoms with Crippen molar-refractivity contribution < 1.29 is 13.5 Å². The first-order chi connectivity index (χ1) is 13.4. The van der Waals surface area contributed by atoms with Crippen molar-refractivity contribution in [1.82, 2.24) is 14.3 Å². The van der Waals surface area contributed by atoms with Crippen LogP contribution < -0.4 is 10.2 Å². The number of pyridine rings is 2. The number of sulfonamides is 1. The quantitative estimate of drug-likeness (QED) is 0.794. The average Bonchev–Trinajstić information content (AvgIpc) is 2.68. The number of aliphatic hydroxyl groups is 1. The van der Waals surface area contributed by atoms with Crippen LogP contribution in [0.15, 0.2) is 24.5 Å². The fourth-order valence-corrected chi connectivity index (χ4v) is 4.87. The number of rotatable bonds is 4. The molecule has 9 heteroatoms. The first-order valence-corrected chi connectivity index (χ1v) is 11.6. The summed E-state index contributed by atoms with van der Waals surface area (Å²) < 4.78 is 24.9. The third kappa shape index (κ3) is 4.21. The van der Waals surface area contributed by atoms with Gasteiger partial charge in [-0.15, -0.1) is 0 Å². The Hall–Kier alpha value is -1.97. The van der Waals surface area contributed by atoms with E-state index in [0.29, 0.717) is 13.1 Å². The van der Waals surface area contributed by atoms with Crippen LogP contribution in [0.2, 0.25) is 0 Å². The maximum atomic E-state index is 11.7. The van der Waals surface area contributed by atoms with Crippen molar-refractivity contribution in [2.75, 3.05) is 42.7 Å². The van der Waals surface area contributed by atoms with Crippen molar-refractivity contribution in [2.24, 2.45) is 0 Å². The number of piperidine rings is 2. The largest absolute Gasteiger partial charge is 0.393 e. The number of anilines is 2. The minimum atomic E-state index is -3.11. The molecular formula is C19H27N5O3S. The molecule has 28 heavy (non-hydrogen) atoms. The molecule has 2 fully saturated rings. The lowest BCUT2D eigenvalue weighted by atomic mass is 10.1. The van der Waals surface area contributed by atoms with E-state index in [1.807, 2.05) is 18.3 Å². The van der Waals surface area contributed by atoms with Gasteiger partial charge in [-0.1, -0.05) is 0 Å². The molecule has 0 amide bonds. The SMILES string of the molecule is CS(=O)(=O)N1CCC(Nc2cc3c(N4CCC(O)CC4)nccc3cn2)CC1. The van der Waals surface area contributed by atoms with Crippen molar-refractivity contribution >= 4 is 32.4 Å². The predicted molar refractivity (Wildman–Crippen MR) is 110 cm³/mol. The summed E-state index contributed by atoms with van der Waals surface area (Å²) in [4.78, 5) is 11.4. The summed E-state index contributed by atoms with van der Waals surface area (Å²) in [6.07, 6.45) is 7.74. The van der Waals surface area contributed by atoms with E-state index in [1.54, 1.807) is 6.20 Å². The molecule has 2 aromatic rings. The van der Waals surface area contributed by atoms with Crippen LogP contribution >= 0.6 is 0 Å². The zero-order valence-electron chi connectivity index (χ0n) is 16.1. The monoisotopic (exact) mass is 405 g/mol. The molecule has 2 aliphatic heterocycles. The number of aliphatic hydroxyl groups excluding tert-OH is 1. The molecule has 0 spiro atoms. The second-order valence-corrected chi connectivity index (χ2v) is 9.71. The van der Waals surface area contributed by atoms with Crippen molar-refractivity contribution in [3.05, 3.63) is 24.5 Å². The molecule has 0 aromatic carbocycles. The van der Waals surface area contributed by atoms with Crippen LogP contribution in [-0.2, 0) is 10.0 Å². The lowest BCUT2D eigenvalue weighted by Gasteiger charge is -2.32. The first-order valence-electron chi connectivity index (χ1n) is 9.79. The van der Waals surface area contributed by atoms with Gasteiger partial charge in [0.2, 0.25) is 10.0 Å². The van der Waals surface area contributed by atoms with Crippen molar-refractivity contribution in [1.29, 1.82) is 0 Å². The highest BCUT2D eigenvalue weighted by molar-refractivity contribution is 7.88. The van der Waals surface area contributed by atoms with Gasteiger partial charge in [0.05, 0.1) is 12.4 Å². The predicted octanol–water partition coefficient (Wildman–Crippen LogP) is 1.43.